The molecule has 0 radical (unpaired) electrons. The molecule has 1 atom stereocenters. The van der Waals surface area contributed by atoms with Crippen molar-refractivity contribution in [3.63, 3.8) is 0 Å². The molecule has 2 rings (SSSR count). The van der Waals surface area contributed by atoms with Gasteiger partial charge in [-0.05, 0) is 47.3 Å². The minimum Gasteiger partial charge on any atom is -0.0836 e. The predicted molar refractivity (Wildman–Crippen MR) is 83.6 cm³/mol. The maximum atomic E-state index is 3.94. The Bertz CT molecular complexity index is 402. The van der Waals surface area contributed by atoms with E-state index in [0.29, 0.717) is 16.7 Å². The second kappa shape index (κ2) is 5.77. The molecule has 1 unspecified atom stereocenters. The number of benzene rings is 1. The summed E-state index contributed by atoms with van der Waals surface area (Å²) in [6.45, 7) is 9.17. The SMILES string of the molecule is CC(C)c1ccc(C(Br)C2CCC2)c(C(C)C)c1. The first-order valence-electron chi connectivity index (χ1n) is 7.28. The van der Waals surface area contributed by atoms with E-state index in [1.54, 1.807) is 0 Å². The number of alkyl halides is 1. The average molecular weight is 309 g/mol. The second-order valence-corrected chi connectivity index (χ2v) is 7.28. The summed E-state index contributed by atoms with van der Waals surface area (Å²) in [7, 11) is 0. The molecule has 1 heteroatoms. The highest BCUT2D eigenvalue weighted by molar-refractivity contribution is 9.09. The molecule has 18 heavy (non-hydrogen) atoms. The van der Waals surface area contributed by atoms with E-state index >= 15 is 0 Å². The molecular weight excluding hydrogens is 284 g/mol. The highest BCUT2D eigenvalue weighted by Crippen LogP contribution is 2.45. The first kappa shape index (κ1) is 14.1. The summed E-state index contributed by atoms with van der Waals surface area (Å²) in [5, 5.41) is 0. The van der Waals surface area contributed by atoms with Crippen LogP contribution in [0.15, 0.2) is 18.2 Å². The lowest BCUT2D eigenvalue weighted by molar-refractivity contribution is 0.311. The van der Waals surface area contributed by atoms with Gasteiger partial charge >= 0.3 is 0 Å². The molecular formula is C17H25Br. The van der Waals surface area contributed by atoms with Crippen LogP contribution in [0.25, 0.3) is 0 Å². The van der Waals surface area contributed by atoms with Gasteiger partial charge in [0.2, 0.25) is 0 Å². The van der Waals surface area contributed by atoms with Crippen LogP contribution in [0.2, 0.25) is 0 Å². The van der Waals surface area contributed by atoms with Crippen molar-refractivity contribution in [2.75, 3.05) is 0 Å². The summed E-state index contributed by atoms with van der Waals surface area (Å²) in [4.78, 5) is 0.560. The van der Waals surface area contributed by atoms with Crippen LogP contribution in [0.3, 0.4) is 0 Å². The summed E-state index contributed by atoms with van der Waals surface area (Å²) in [5.74, 6) is 2.08. The monoisotopic (exact) mass is 308 g/mol. The van der Waals surface area contributed by atoms with Gasteiger partial charge in [-0.2, -0.15) is 0 Å². The van der Waals surface area contributed by atoms with Crippen LogP contribution in [-0.4, -0.2) is 0 Å². The third-order valence-electron chi connectivity index (χ3n) is 4.26. The lowest BCUT2D eigenvalue weighted by Crippen LogP contribution is -2.17. The summed E-state index contributed by atoms with van der Waals surface area (Å²) in [5.41, 5.74) is 4.53. The molecule has 1 aliphatic carbocycles. The van der Waals surface area contributed by atoms with Crippen molar-refractivity contribution >= 4 is 15.9 Å². The standard InChI is InChI=1S/C17H25Br/c1-11(2)14-8-9-15(16(10-14)12(3)4)17(18)13-6-5-7-13/h8-13,17H,5-7H2,1-4H3. The maximum absolute atomic E-state index is 3.94. The van der Waals surface area contributed by atoms with Crippen molar-refractivity contribution in [1.82, 2.24) is 0 Å². The van der Waals surface area contributed by atoms with Crippen molar-refractivity contribution < 1.29 is 0 Å². The quantitative estimate of drug-likeness (QED) is 0.583. The second-order valence-electron chi connectivity index (χ2n) is 6.29. The van der Waals surface area contributed by atoms with E-state index in [-0.39, 0.29) is 0 Å². The lowest BCUT2D eigenvalue weighted by atomic mass is 9.78. The molecule has 0 nitrogen and oxygen atoms in total. The molecule has 0 N–H and O–H groups in total. The van der Waals surface area contributed by atoms with E-state index in [9.17, 15) is 0 Å². The Hall–Kier alpha value is -0.300. The molecule has 1 aliphatic rings. The van der Waals surface area contributed by atoms with Crippen LogP contribution in [0.5, 0.6) is 0 Å². The van der Waals surface area contributed by atoms with Crippen LogP contribution >= 0.6 is 15.9 Å². The Morgan fingerprint density at radius 3 is 2.11 bits per heavy atom. The molecule has 0 spiro atoms. The highest BCUT2D eigenvalue weighted by atomic mass is 79.9. The number of halogens is 1. The fourth-order valence-electron chi connectivity index (χ4n) is 2.69. The van der Waals surface area contributed by atoms with E-state index in [1.165, 1.54) is 36.0 Å². The van der Waals surface area contributed by atoms with Crippen molar-refractivity contribution in [3.05, 3.63) is 34.9 Å². The van der Waals surface area contributed by atoms with Gasteiger partial charge in [0.25, 0.3) is 0 Å². The predicted octanol–water partition coefficient (Wildman–Crippen LogP) is 6.17. The third kappa shape index (κ3) is 2.82. The smallest absolute Gasteiger partial charge is 0.0426 e. The molecule has 100 valence electrons. The molecule has 1 fully saturated rings. The first-order chi connectivity index (χ1) is 8.50. The Kier molecular flexibility index (Phi) is 4.53. The molecule has 0 bridgehead atoms. The van der Waals surface area contributed by atoms with Gasteiger partial charge in [-0.25, -0.2) is 0 Å². The van der Waals surface area contributed by atoms with Gasteiger partial charge in [0, 0.05) is 4.83 Å². The van der Waals surface area contributed by atoms with E-state index in [4.69, 9.17) is 0 Å². The highest BCUT2D eigenvalue weighted by Gasteiger charge is 2.28. The molecule has 0 heterocycles. The normalized spacial score (nSPS) is 18.2. The summed E-state index contributed by atoms with van der Waals surface area (Å²) in [6, 6.07) is 7.11. The molecule has 0 saturated heterocycles. The zero-order valence-corrected chi connectivity index (χ0v) is 13.6. The van der Waals surface area contributed by atoms with Crippen LogP contribution in [0, 0.1) is 5.92 Å². The fraction of sp³-hybridized carbons (Fsp3) is 0.647. The summed E-state index contributed by atoms with van der Waals surface area (Å²) >= 11 is 3.94. The Labute approximate surface area is 120 Å². The minimum absolute atomic E-state index is 0.560. The van der Waals surface area contributed by atoms with E-state index in [0.717, 1.165) is 5.92 Å². The van der Waals surface area contributed by atoms with Crippen LogP contribution < -0.4 is 0 Å². The van der Waals surface area contributed by atoms with Crippen LogP contribution in [0.4, 0.5) is 0 Å². The molecule has 1 saturated carbocycles. The zero-order chi connectivity index (χ0) is 13.3. The van der Waals surface area contributed by atoms with Gasteiger partial charge in [-0.3, -0.25) is 0 Å². The largest absolute Gasteiger partial charge is 0.0836 e. The summed E-state index contributed by atoms with van der Waals surface area (Å²) < 4.78 is 0. The number of hydrogen-bond acceptors (Lipinski definition) is 0. The van der Waals surface area contributed by atoms with Gasteiger partial charge < -0.3 is 0 Å². The molecule has 1 aromatic rings. The topological polar surface area (TPSA) is 0 Å². The number of hydrogen-bond donors (Lipinski definition) is 0. The van der Waals surface area contributed by atoms with Gasteiger partial charge in [0.05, 0.1) is 0 Å². The number of rotatable bonds is 4. The maximum Gasteiger partial charge on any atom is 0.0426 e. The zero-order valence-electron chi connectivity index (χ0n) is 12.0. The Balaban J connectivity index is 2.33. The minimum atomic E-state index is 0.560. The van der Waals surface area contributed by atoms with Crippen molar-refractivity contribution in [2.45, 2.75) is 63.6 Å². The van der Waals surface area contributed by atoms with Crippen molar-refractivity contribution in [3.8, 4) is 0 Å². The molecule has 1 aromatic carbocycles. The Morgan fingerprint density at radius 2 is 1.67 bits per heavy atom. The van der Waals surface area contributed by atoms with E-state index in [2.05, 4.69) is 61.8 Å². The van der Waals surface area contributed by atoms with Crippen molar-refractivity contribution in [1.29, 1.82) is 0 Å². The summed E-state index contributed by atoms with van der Waals surface area (Å²) in [6.07, 6.45) is 4.19. The van der Waals surface area contributed by atoms with Crippen LogP contribution in [0.1, 0.15) is 80.3 Å². The van der Waals surface area contributed by atoms with Crippen LogP contribution in [-0.2, 0) is 0 Å². The van der Waals surface area contributed by atoms with E-state index in [1.807, 2.05) is 0 Å². The van der Waals surface area contributed by atoms with Gasteiger partial charge in [-0.15, -0.1) is 0 Å². The van der Waals surface area contributed by atoms with Gasteiger partial charge in [0.15, 0.2) is 0 Å². The third-order valence-corrected chi connectivity index (χ3v) is 5.50. The van der Waals surface area contributed by atoms with Gasteiger partial charge in [0.1, 0.15) is 0 Å². The average Bonchev–Trinajstić information content (AvgIpc) is 2.25. The molecule has 0 aromatic heterocycles. The van der Waals surface area contributed by atoms with Gasteiger partial charge in [-0.1, -0.05) is 68.2 Å². The van der Waals surface area contributed by atoms with E-state index < -0.39 is 0 Å². The lowest BCUT2D eigenvalue weighted by Gasteiger charge is -2.32. The molecule has 0 amide bonds. The van der Waals surface area contributed by atoms with Crippen molar-refractivity contribution in [2.24, 2.45) is 5.92 Å². The fourth-order valence-corrected chi connectivity index (χ4v) is 3.64. The molecule has 0 aliphatic heterocycles. The Morgan fingerprint density at radius 1 is 1.00 bits per heavy atom. The first-order valence-corrected chi connectivity index (χ1v) is 8.20.